The van der Waals surface area contributed by atoms with Gasteiger partial charge >= 0.3 is 6.18 Å². The van der Waals surface area contributed by atoms with Crippen LogP contribution in [0.5, 0.6) is 0 Å². The lowest BCUT2D eigenvalue weighted by atomic mass is 9.88. The molecule has 0 aromatic heterocycles. The molecule has 1 aliphatic rings. The summed E-state index contributed by atoms with van der Waals surface area (Å²) in [5.74, 6) is -0.00392. The molecule has 0 unspecified atom stereocenters. The second kappa shape index (κ2) is 19.6. The van der Waals surface area contributed by atoms with Gasteiger partial charge in [-0.2, -0.15) is 13.2 Å². The topological polar surface area (TPSA) is 50.1 Å². The van der Waals surface area contributed by atoms with Crippen LogP contribution in [-0.4, -0.2) is 0 Å². The molecule has 1 heterocycles. The number of alkyl halides is 3. The molecule has 232 valence electrons. The summed E-state index contributed by atoms with van der Waals surface area (Å²) in [5.41, 5.74) is 12.4. The van der Waals surface area contributed by atoms with Crippen LogP contribution >= 0.6 is 0 Å². The summed E-state index contributed by atoms with van der Waals surface area (Å²) in [6.07, 6.45) is -4.45. The van der Waals surface area contributed by atoms with E-state index in [4.69, 9.17) is 5.73 Å². The summed E-state index contributed by atoms with van der Waals surface area (Å²) in [5, 5.41) is 6.54. The minimum absolute atomic E-state index is 0.00392. The quantitative estimate of drug-likeness (QED) is 0.270. The van der Waals surface area contributed by atoms with E-state index < -0.39 is 11.7 Å². The Morgan fingerprint density at radius 3 is 1.81 bits per heavy atom. The van der Waals surface area contributed by atoms with E-state index in [2.05, 4.69) is 48.1 Å². The molecule has 0 saturated carbocycles. The first-order valence-electron chi connectivity index (χ1n) is 14.9. The van der Waals surface area contributed by atoms with Crippen molar-refractivity contribution in [2.24, 2.45) is 5.73 Å². The summed E-state index contributed by atoms with van der Waals surface area (Å²) < 4.78 is 40.1. The molecule has 4 rings (SSSR count). The zero-order chi connectivity index (χ0) is 32.5. The highest BCUT2D eigenvalue weighted by Crippen LogP contribution is 2.36. The third kappa shape index (κ3) is 11.4. The molecular weight excluding hydrogens is 531 g/mol. The molecule has 4 N–H and O–H groups in total. The minimum Gasteiger partial charge on any atom is -0.399 e. The van der Waals surface area contributed by atoms with E-state index in [1.165, 1.54) is 17.2 Å². The van der Waals surface area contributed by atoms with Crippen molar-refractivity contribution in [1.29, 1.82) is 0 Å². The zero-order valence-corrected chi connectivity index (χ0v) is 27.1. The van der Waals surface area contributed by atoms with E-state index in [0.717, 1.165) is 41.5 Å². The fourth-order valence-electron chi connectivity index (χ4n) is 4.40. The van der Waals surface area contributed by atoms with Gasteiger partial charge in [0.2, 0.25) is 0 Å². The smallest absolute Gasteiger partial charge is 0.399 e. The van der Waals surface area contributed by atoms with Crippen molar-refractivity contribution in [3.63, 3.8) is 0 Å². The monoisotopic (exact) mass is 583 g/mol. The molecule has 0 aliphatic carbocycles. The van der Waals surface area contributed by atoms with Crippen LogP contribution in [-0.2, 0) is 25.8 Å². The van der Waals surface area contributed by atoms with E-state index in [0.29, 0.717) is 11.1 Å². The van der Waals surface area contributed by atoms with Crippen LogP contribution in [0.2, 0.25) is 0 Å². The van der Waals surface area contributed by atoms with Crippen LogP contribution in [0.4, 0.5) is 18.9 Å². The highest BCUT2D eigenvalue weighted by Gasteiger charge is 2.32. The first-order valence-corrected chi connectivity index (χ1v) is 14.9. The Hall–Kier alpha value is -3.51. The van der Waals surface area contributed by atoms with Crippen molar-refractivity contribution >= 4 is 17.0 Å². The van der Waals surface area contributed by atoms with Gasteiger partial charge in [-0.1, -0.05) is 111 Å². The molecule has 3 nitrogen and oxygen atoms in total. The predicted molar refractivity (Wildman–Crippen MR) is 178 cm³/mol. The summed E-state index contributed by atoms with van der Waals surface area (Å²) in [6, 6.07) is 18.4. The molecule has 0 saturated heterocycles. The van der Waals surface area contributed by atoms with Gasteiger partial charge in [0.15, 0.2) is 0 Å². The van der Waals surface area contributed by atoms with Crippen LogP contribution in [0.25, 0.3) is 11.3 Å². The van der Waals surface area contributed by atoms with Gasteiger partial charge in [-0.05, 0) is 64.4 Å². The van der Waals surface area contributed by atoms with Crippen molar-refractivity contribution in [1.82, 2.24) is 5.32 Å². The standard InChI is InChI=1S/C22H25F3N2.C8H9N.3C2H6/c1-13(2)18-8-6-7-9-20(18)27-12-16-10-17(22(23,24)25)11-19(15(5)26)21(16)14(3)4;1-2-4-8-6-9-5-7(8)3-1;3*1-2/h6-11,14,27H,1,5,12,26H2,2-4H3;1-4,9H,5-6H2;3*1-2H3. The number of nitrogens with two attached hydrogens (primary N) is 1. The molecule has 0 fully saturated rings. The summed E-state index contributed by atoms with van der Waals surface area (Å²) >= 11 is 0. The van der Waals surface area contributed by atoms with Gasteiger partial charge in [-0.3, -0.25) is 0 Å². The maximum Gasteiger partial charge on any atom is 0.416 e. The van der Waals surface area contributed by atoms with Gasteiger partial charge in [0.1, 0.15) is 0 Å². The van der Waals surface area contributed by atoms with E-state index >= 15 is 0 Å². The second-order valence-corrected chi connectivity index (χ2v) is 9.33. The number of rotatable bonds is 6. The van der Waals surface area contributed by atoms with Gasteiger partial charge in [-0.15, -0.1) is 0 Å². The molecule has 0 amide bonds. The molecule has 0 bridgehead atoms. The van der Waals surface area contributed by atoms with Crippen LogP contribution in [0, 0.1) is 0 Å². The fraction of sp³-hybridized carbons (Fsp3) is 0.389. The number of hydrogen-bond donors (Lipinski definition) is 3. The van der Waals surface area contributed by atoms with E-state index in [-0.39, 0.29) is 18.2 Å². The molecule has 0 spiro atoms. The largest absolute Gasteiger partial charge is 0.416 e. The number of benzene rings is 3. The van der Waals surface area contributed by atoms with Gasteiger partial charge in [0.05, 0.1) is 5.56 Å². The zero-order valence-electron chi connectivity index (χ0n) is 27.1. The van der Waals surface area contributed by atoms with E-state index in [9.17, 15) is 13.2 Å². The number of hydrogen-bond acceptors (Lipinski definition) is 3. The number of anilines is 1. The van der Waals surface area contributed by atoms with Crippen LogP contribution in [0.15, 0.2) is 73.8 Å². The maximum absolute atomic E-state index is 13.4. The predicted octanol–water partition coefficient (Wildman–Crippen LogP) is 10.8. The first-order chi connectivity index (χ1) is 20.0. The molecule has 3 aromatic rings. The van der Waals surface area contributed by atoms with Crippen LogP contribution < -0.4 is 16.4 Å². The van der Waals surface area contributed by atoms with Gasteiger partial charge < -0.3 is 16.4 Å². The number of para-hydroxylation sites is 1. The Labute approximate surface area is 253 Å². The minimum atomic E-state index is -4.45. The average Bonchev–Trinajstić information content (AvgIpc) is 3.47. The SMILES string of the molecule is C=C(C)c1ccccc1NCc1cc(C(F)(F)F)cc(C(=C)N)c1C(C)C.CC.CC.CC.c1ccc2c(c1)CNC2. The first kappa shape index (κ1) is 38.5. The highest BCUT2D eigenvalue weighted by atomic mass is 19.4. The Balaban J connectivity index is 0.000000920. The second-order valence-electron chi connectivity index (χ2n) is 9.33. The third-order valence-electron chi connectivity index (χ3n) is 6.12. The lowest BCUT2D eigenvalue weighted by molar-refractivity contribution is -0.137. The van der Waals surface area contributed by atoms with E-state index in [1.807, 2.05) is 86.6 Å². The van der Waals surface area contributed by atoms with Gasteiger partial charge in [-0.25, -0.2) is 0 Å². The average molecular weight is 584 g/mol. The number of halogens is 3. The van der Waals surface area contributed by atoms with Crippen molar-refractivity contribution in [3.05, 3.63) is 113 Å². The normalized spacial score (nSPS) is 11.2. The molecule has 0 radical (unpaired) electrons. The number of nitrogens with one attached hydrogen (secondary N) is 2. The highest BCUT2D eigenvalue weighted by molar-refractivity contribution is 5.74. The lowest BCUT2D eigenvalue weighted by Gasteiger charge is -2.22. The Morgan fingerprint density at radius 2 is 1.36 bits per heavy atom. The lowest BCUT2D eigenvalue weighted by Crippen LogP contribution is -2.14. The molecule has 3 aromatic carbocycles. The summed E-state index contributed by atoms with van der Waals surface area (Å²) in [7, 11) is 0. The summed E-state index contributed by atoms with van der Waals surface area (Å²) in [4.78, 5) is 0. The Bertz CT molecular complexity index is 1220. The third-order valence-corrected chi connectivity index (χ3v) is 6.12. The van der Waals surface area contributed by atoms with Crippen LogP contribution in [0.3, 0.4) is 0 Å². The molecular formula is C36H52F3N3. The molecule has 1 aliphatic heterocycles. The van der Waals surface area contributed by atoms with Crippen molar-refractivity contribution < 1.29 is 13.2 Å². The van der Waals surface area contributed by atoms with Crippen molar-refractivity contribution in [3.8, 4) is 0 Å². The maximum atomic E-state index is 13.4. The Morgan fingerprint density at radius 1 is 0.857 bits per heavy atom. The molecule has 6 heteroatoms. The Kier molecular flexibility index (Phi) is 17.9. The van der Waals surface area contributed by atoms with Gasteiger partial charge in [0.25, 0.3) is 0 Å². The summed E-state index contributed by atoms with van der Waals surface area (Å²) in [6.45, 7) is 27.7. The molecule has 0 atom stereocenters. The van der Waals surface area contributed by atoms with Gasteiger partial charge in [0, 0.05) is 36.6 Å². The molecule has 42 heavy (non-hydrogen) atoms. The number of fused-ring (bicyclic) bond motifs is 1. The van der Waals surface area contributed by atoms with E-state index in [1.54, 1.807) is 0 Å². The van der Waals surface area contributed by atoms with Crippen molar-refractivity contribution in [2.45, 2.75) is 94.0 Å². The fourth-order valence-corrected chi connectivity index (χ4v) is 4.40. The van der Waals surface area contributed by atoms with Crippen molar-refractivity contribution in [2.75, 3.05) is 5.32 Å². The van der Waals surface area contributed by atoms with Crippen LogP contribution in [0.1, 0.15) is 107 Å². The number of allylic oxidation sites excluding steroid dienone is 1.